The average molecular weight is 277 g/mol. The molecule has 64 valence electrons. The second kappa shape index (κ2) is 4.30. The Bertz CT molecular complexity index is 288. The minimum absolute atomic E-state index is 0.0694. The van der Waals surface area contributed by atoms with Gasteiger partial charge in [-0.25, -0.2) is 0 Å². The van der Waals surface area contributed by atoms with E-state index in [1.807, 2.05) is 18.2 Å². The van der Waals surface area contributed by atoms with Crippen molar-refractivity contribution in [1.29, 1.82) is 0 Å². The van der Waals surface area contributed by atoms with Crippen molar-refractivity contribution in [1.82, 2.24) is 0 Å². The van der Waals surface area contributed by atoms with Crippen molar-refractivity contribution >= 4 is 28.5 Å². The molecule has 0 bridgehead atoms. The molecule has 12 heavy (non-hydrogen) atoms. The molecule has 0 atom stereocenters. The highest BCUT2D eigenvalue weighted by Crippen LogP contribution is 2.19. The fourth-order valence-electron chi connectivity index (χ4n) is 0.711. The monoisotopic (exact) mass is 277 g/mol. The van der Waals surface area contributed by atoms with Gasteiger partial charge >= 0.3 is 0 Å². The number of amides is 1. The number of carbonyl (C=O) groups excluding carboxylic acids is 1. The van der Waals surface area contributed by atoms with Crippen molar-refractivity contribution < 1.29 is 9.53 Å². The molecule has 4 heteroatoms. The summed E-state index contributed by atoms with van der Waals surface area (Å²) in [6.45, 7) is -0.0694. The van der Waals surface area contributed by atoms with Gasteiger partial charge in [-0.1, -0.05) is 12.1 Å². The third-order valence-corrected chi connectivity index (χ3v) is 2.10. The summed E-state index contributed by atoms with van der Waals surface area (Å²) in [5, 5.41) is 0. The Labute approximate surface area is 84.0 Å². The van der Waals surface area contributed by atoms with Crippen LogP contribution in [0, 0.1) is 3.57 Å². The summed E-state index contributed by atoms with van der Waals surface area (Å²) in [5.74, 6) is 0.228. The van der Waals surface area contributed by atoms with E-state index < -0.39 is 5.91 Å². The van der Waals surface area contributed by atoms with Crippen molar-refractivity contribution in [2.45, 2.75) is 0 Å². The Morgan fingerprint density at radius 1 is 1.50 bits per heavy atom. The summed E-state index contributed by atoms with van der Waals surface area (Å²) in [5.41, 5.74) is 4.92. The number of ether oxygens (including phenoxy) is 1. The van der Waals surface area contributed by atoms with E-state index in [0.717, 1.165) is 3.57 Å². The van der Waals surface area contributed by atoms with E-state index in [4.69, 9.17) is 10.5 Å². The number of primary amides is 1. The van der Waals surface area contributed by atoms with Gasteiger partial charge in [0.05, 0.1) is 3.57 Å². The van der Waals surface area contributed by atoms with Gasteiger partial charge in [0.15, 0.2) is 6.61 Å². The Kier molecular flexibility index (Phi) is 3.33. The molecule has 0 saturated carbocycles. The minimum atomic E-state index is -0.463. The van der Waals surface area contributed by atoms with Gasteiger partial charge in [-0.2, -0.15) is 0 Å². The Morgan fingerprint density at radius 2 is 2.17 bits per heavy atom. The van der Waals surface area contributed by atoms with Crippen LogP contribution in [0.25, 0.3) is 0 Å². The fourth-order valence-corrected chi connectivity index (χ4v) is 1.25. The van der Waals surface area contributed by atoms with E-state index in [9.17, 15) is 4.79 Å². The third-order valence-electron chi connectivity index (χ3n) is 1.21. The molecular weight excluding hydrogens is 269 g/mol. The van der Waals surface area contributed by atoms with Crippen LogP contribution in [0.1, 0.15) is 0 Å². The molecule has 1 aromatic rings. The first-order valence-electron chi connectivity index (χ1n) is 3.36. The Hall–Kier alpha value is -0.780. The van der Waals surface area contributed by atoms with Crippen LogP contribution in [0.5, 0.6) is 5.75 Å². The summed E-state index contributed by atoms with van der Waals surface area (Å²) in [7, 11) is 0. The summed E-state index contributed by atoms with van der Waals surface area (Å²) in [6.07, 6.45) is 0. The molecule has 2 N–H and O–H groups in total. The molecule has 0 fully saturated rings. The lowest BCUT2D eigenvalue weighted by atomic mass is 10.3. The van der Waals surface area contributed by atoms with Crippen LogP contribution < -0.4 is 10.5 Å². The number of rotatable bonds is 3. The first-order valence-corrected chi connectivity index (χ1v) is 4.43. The molecule has 0 spiro atoms. The Balaban J connectivity index is 2.63. The molecule has 0 radical (unpaired) electrons. The van der Waals surface area contributed by atoms with Crippen LogP contribution in [0.15, 0.2) is 24.3 Å². The number of nitrogens with two attached hydrogens (primary N) is 1. The maximum absolute atomic E-state index is 10.4. The molecule has 0 heterocycles. The van der Waals surface area contributed by atoms with Gasteiger partial charge < -0.3 is 10.5 Å². The van der Waals surface area contributed by atoms with E-state index in [0.29, 0.717) is 5.75 Å². The lowest BCUT2D eigenvalue weighted by Gasteiger charge is -2.04. The summed E-state index contributed by atoms with van der Waals surface area (Å²) in [6, 6.07) is 7.44. The number of halogens is 1. The van der Waals surface area contributed by atoms with E-state index in [1.54, 1.807) is 6.07 Å². The predicted octanol–water partition coefficient (Wildman–Crippen LogP) is 1.16. The third kappa shape index (κ3) is 2.69. The lowest BCUT2D eigenvalue weighted by molar-refractivity contribution is -0.119. The molecule has 0 aromatic heterocycles. The highest BCUT2D eigenvalue weighted by molar-refractivity contribution is 14.1. The molecule has 0 aliphatic carbocycles. The first kappa shape index (κ1) is 9.31. The molecule has 1 amide bonds. The SMILES string of the molecule is NC(=O)COc1ccccc1I. The highest BCUT2D eigenvalue weighted by Gasteiger charge is 2.00. The quantitative estimate of drug-likeness (QED) is 0.843. The van der Waals surface area contributed by atoms with Gasteiger partial charge in [0, 0.05) is 0 Å². The van der Waals surface area contributed by atoms with Crippen LogP contribution in [0.3, 0.4) is 0 Å². The summed E-state index contributed by atoms with van der Waals surface area (Å²) < 4.78 is 6.09. The van der Waals surface area contributed by atoms with Gasteiger partial charge in [-0.3, -0.25) is 4.79 Å². The largest absolute Gasteiger partial charge is 0.483 e. The Morgan fingerprint density at radius 3 is 2.75 bits per heavy atom. The van der Waals surface area contributed by atoms with Gasteiger partial charge in [0.1, 0.15) is 5.75 Å². The number of hydrogen-bond donors (Lipinski definition) is 1. The first-order chi connectivity index (χ1) is 5.70. The standard InChI is InChI=1S/C8H8INO2/c9-6-3-1-2-4-7(6)12-5-8(10)11/h1-4H,5H2,(H2,10,11). The zero-order valence-electron chi connectivity index (χ0n) is 6.29. The molecule has 1 rings (SSSR count). The topological polar surface area (TPSA) is 52.3 Å². The number of hydrogen-bond acceptors (Lipinski definition) is 2. The number of para-hydroxylation sites is 1. The molecule has 0 aliphatic heterocycles. The van der Waals surface area contributed by atoms with Crippen LogP contribution in [0.2, 0.25) is 0 Å². The second-order valence-electron chi connectivity index (χ2n) is 2.19. The van der Waals surface area contributed by atoms with Crippen LogP contribution in [-0.4, -0.2) is 12.5 Å². The fraction of sp³-hybridized carbons (Fsp3) is 0.125. The van der Waals surface area contributed by atoms with E-state index in [1.165, 1.54) is 0 Å². The van der Waals surface area contributed by atoms with E-state index in [-0.39, 0.29) is 6.61 Å². The molecule has 3 nitrogen and oxygen atoms in total. The lowest BCUT2D eigenvalue weighted by Crippen LogP contribution is -2.20. The van der Waals surface area contributed by atoms with Crippen LogP contribution in [0.4, 0.5) is 0 Å². The van der Waals surface area contributed by atoms with Crippen LogP contribution >= 0.6 is 22.6 Å². The minimum Gasteiger partial charge on any atom is -0.483 e. The zero-order valence-corrected chi connectivity index (χ0v) is 8.45. The maximum Gasteiger partial charge on any atom is 0.255 e. The highest BCUT2D eigenvalue weighted by atomic mass is 127. The second-order valence-corrected chi connectivity index (χ2v) is 3.35. The van der Waals surface area contributed by atoms with Gasteiger partial charge in [-0.15, -0.1) is 0 Å². The van der Waals surface area contributed by atoms with Crippen LogP contribution in [-0.2, 0) is 4.79 Å². The molecule has 0 saturated heterocycles. The van der Waals surface area contributed by atoms with Gasteiger partial charge in [-0.05, 0) is 34.7 Å². The molecule has 0 aliphatic rings. The predicted molar refractivity (Wildman–Crippen MR) is 53.8 cm³/mol. The van der Waals surface area contributed by atoms with Crippen molar-refractivity contribution in [3.63, 3.8) is 0 Å². The van der Waals surface area contributed by atoms with Gasteiger partial charge in [0.2, 0.25) is 0 Å². The van der Waals surface area contributed by atoms with Crippen molar-refractivity contribution in [2.75, 3.05) is 6.61 Å². The molecule has 1 aromatic carbocycles. The average Bonchev–Trinajstić information content (AvgIpc) is 2.03. The van der Waals surface area contributed by atoms with Crippen molar-refractivity contribution in [3.8, 4) is 5.75 Å². The summed E-state index contributed by atoms with van der Waals surface area (Å²) >= 11 is 2.13. The van der Waals surface area contributed by atoms with Crippen molar-refractivity contribution in [3.05, 3.63) is 27.8 Å². The number of carbonyl (C=O) groups is 1. The summed E-state index contributed by atoms with van der Waals surface area (Å²) in [4.78, 5) is 10.4. The van der Waals surface area contributed by atoms with Crippen molar-refractivity contribution in [2.24, 2.45) is 5.73 Å². The van der Waals surface area contributed by atoms with E-state index in [2.05, 4.69) is 22.6 Å². The molecular formula is C8H8INO2. The smallest absolute Gasteiger partial charge is 0.255 e. The van der Waals surface area contributed by atoms with E-state index >= 15 is 0 Å². The number of benzene rings is 1. The van der Waals surface area contributed by atoms with Gasteiger partial charge in [0.25, 0.3) is 5.91 Å². The zero-order chi connectivity index (χ0) is 8.97. The maximum atomic E-state index is 10.4. The normalized spacial score (nSPS) is 9.42. The molecule has 0 unspecified atom stereocenters.